The normalized spacial score (nSPS) is 61.0. The molecule has 0 aromatic carbocycles. The summed E-state index contributed by atoms with van der Waals surface area (Å²) in [6.45, 7) is 1.99. The van der Waals surface area contributed by atoms with E-state index in [0.717, 1.165) is 6.42 Å². The number of fused-ring (bicyclic) bond motifs is 1. The molecule has 1 N–H and O–H groups in total. The van der Waals surface area contributed by atoms with Crippen LogP contribution in [0.3, 0.4) is 0 Å². The number of aliphatic hydroxyl groups is 1. The number of rotatable bonds is 0. The van der Waals surface area contributed by atoms with Crippen molar-refractivity contribution in [2.45, 2.75) is 25.6 Å². The van der Waals surface area contributed by atoms with E-state index in [0.29, 0.717) is 18.3 Å². The third-order valence-electron chi connectivity index (χ3n) is 4.00. The van der Waals surface area contributed by atoms with E-state index in [1.165, 1.54) is 0 Å². The van der Waals surface area contributed by atoms with Gasteiger partial charge in [-0.15, -0.1) is 0 Å². The lowest BCUT2D eigenvalue weighted by atomic mass is 9.49. The Bertz CT molecular complexity index is 262. The molecule has 0 aromatic heterocycles. The summed E-state index contributed by atoms with van der Waals surface area (Å²) in [7, 11) is 0. The van der Waals surface area contributed by atoms with Gasteiger partial charge >= 0.3 is 5.97 Å². The molecule has 4 aliphatic rings. The maximum absolute atomic E-state index is 11.3. The molecule has 0 radical (unpaired) electrons. The minimum atomic E-state index is -1.11. The highest BCUT2D eigenvalue weighted by Crippen LogP contribution is 2.61. The maximum Gasteiger partial charge on any atom is 0.312 e. The molecule has 2 saturated carbocycles. The molecule has 2 aliphatic heterocycles. The van der Waals surface area contributed by atoms with Crippen LogP contribution in [0.4, 0.5) is 0 Å². The standard InChI is InChI=1S/C9H12O3/c1-4-6-2-5-3-9(4,11)12-8(10)7(5)6/h4-7,11H,2-3H2,1H3/t4-,5+,6+,7?,9-/m0/s1. The smallest absolute Gasteiger partial charge is 0.312 e. The first-order valence-corrected chi connectivity index (χ1v) is 4.57. The number of hydrogen-bond donors (Lipinski definition) is 1. The number of esters is 1. The Morgan fingerprint density at radius 1 is 1.67 bits per heavy atom. The average molecular weight is 168 g/mol. The summed E-state index contributed by atoms with van der Waals surface area (Å²) < 4.78 is 5.00. The lowest BCUT2D eigenvalue weighted by Gasteiger charge is -2.61. The summed E-state index contributed by atoms with van der Waals surface area (Å²) in [5, 5.41) is 9.91. The predicted octanol–water partition coefficient (Wildman–Crippen LogP) is 0.524. The van der Waals surface area contributed by atoms with Crippen molar-refractivity contribution < 1.29 is 14.6 Å². The van der Waals surface area contributed by atoms with Crippen molar-refractivity contribution >= 4 is 5.97 Å². The van der Waals surface area contributed by atoms with Gasteiger partial charge in [-0.1, -0.05) is 6.92 Å². The Hall–Kier alpha value is -0.570. The first-order valence-electron chi connectivity index (χ1n) is 4.57. The molecular weight excluding hydrogens is 156 g/mol. The van der Waals surface area contributed by atoms with Crippen LogP contribution in [0.1, 0.15) is 19.8 Å². The second kappa shape index (κ2) is 1.69. The Labute approximate surface area is 70.7 Å². The molecule has 2 heterocycles. The predicted molar refractivity (Wildman–Crippen MR) is 39.9 cm³/mol. The Kier molecular flexibility index (Phi) is 0.971. The van der Waals surface area contributed by atoms with Gasteiger partial charge in [-0.05, 0) is 18.3 Å². The summed E-state index contributed by atoms with van der Waals surface area (Å²) in [6.07, 6.45) is 1.78. The summed E-state index contributed by atoms with van der Waals surface area (Å²) in [5.74, 6) is -0.200. The van der Waals surface area contributed by atoms with Crippen LogP contribution in [0.15, 0.2) is 0 Å². The molecule has 4 rings (SSSR count). The van der Waals surface area contributed by atoms with Gasteiger partial charge < -0.3 is 9.84 Å². The Morgan fingerprint density at radius 3 is 2.92 bits per heavy atom. The number of carbonyl (C=O) groups is 1. The van der Waals surface area contributed by atoms with Gasteiger partial charge in [0.05, 0.1) is 5.92 Å². The second-order valence-corrected chi connectivity index (χ2v) is 4.44. The number of carbonyl (C=O) groups excluding carboxylic acids is 1. The highest BCUT2D eigenvalue weighted by atomic mass is 16.7. The van der Waals surface area contributed by atoms with Gasteiger partial charge in [0.25, 0.3) is 0 Å². The molecule has 0 aromatic rings. The van der Waals surface area contributed by atoms with Gasteiger partial charge in [0.15, 0.2) is 0 Å². The summed E-state index contributed by atoms with van der Waals surface area (Å²) in [4.78, 5) is 11.3. The highest BCUT2D eigenvalue weighted by molar-refractivity contribution is 5.77. The molecule has 3 nitrogen and oxygen atoms in total. The molecule has 5 atom stereocenters. The van der Waals surface area contributed by atoms with Crippen LogP contribution in [0.5, 0.6) is 0 Å². The van der Waals surface area contributed by atoms with Crippen molar-refractivity contribution in [2.75, 3.05) is 0 Å². The van der Waals surface area contributed by atoms with Crippen LogP contribution >= 0.6 is 0 Å². The molecule has 0 spiro atoms. The van der Waals surface area contributed by atoms with Crippen LogP contribution < -0.4 is 0 Å². The topological polar surface area (TPSA) is 46.5 Å². The third kappa shape index (κ3) is 0.534. The number of hydrogen-bond acceptors (Lipinski definition) is 3. The Morgan fingerprint density at radius 2 is 2.42 bits per heavy atom. The van der Waals surface area contributed by atoms with Gasteiger partial charge in [-0.25, -0.2) is 0 Å². The third-order valence-corrected chi connectivity index (χ3v) is 4.00. The van der Waals surface area contributed by atoms with E-state index in [4.69, 9.17) is 4.74 Å². The molecule has 0 amide bonds. The van der Waals surface area contributed by atoms with Gasteiger partial charge in [0.1, 0.15) is 0 Å². The van der Waals surface area contributed by atoms with Crippen molar-refractivity contribution in [2.24, 2.45) is 23.7 Å². The summed E-state index contributed by atoms with van der Waals surface area (Å²) in [5.41, 5.74) is 0. The van der Waals surface area contributed by atoms with E-state index in [2.05, 4.69) is 0 Å². The van der Waals surface area contributed by atoms with E-state index in [1.54, 1.807) is 0 Å². The fraction of sp³-hybridized carbons (Fsp3) is 0.889. The molecule has 3 heteroatoms. The first kappa shape index (κ1) is 6.89. The van der Waals surface area contributed by atoms with E-state index in [1.807, 2.05) is 6.92 Å². The fourth-order valence-electron chi connectivity index (χ4n) is 3.16. The highest BCUT2D eigenvalue weighted by Gasteiger charge is 2.66. The lowest BCUT2D eigenvalue weighted by molar-refractivity contribution is -0.327. The lowest BCUT2D eigenvalue weighted by Crippen LogP contribution is -2.67. The van der Waals surface area contributed by atoms with Crippen molar-refractivity contribution in [3.63, 3.8) is 0 Å². The van der Waals surface area contributed by atoms with Crippen molar-refractivity contribution in [1.29, 1.82) is 0 Å². The fourth-order valence-corrected chi connectivity index (χ4v) is 3.16. The molecule has 2 saturated heterocycles. The molecule has 2 aliphatic carbocycles. The van der Waals surface area contributed by atoms with Gasteiger partial charge in [0.2, 0.25) is 5.79 Å². The molecular formula is C9H12O3. The van der Waals surface area contributed by atoms with E-state index in [9.17, 15) is 9.90 Å². The van der Waals surface area contributed by atoms with Crippen LogP contribution in [-0.4, -0.2) is 16.9 Å². The summed E-state index contributed by atoms with van der Waals surface area (Å²) >= 11 is 0. The SMILES string of the molecule is C[C@H]1[C@H]2C[C@@H]3C[C@]1(O)OC(=O)C32. The van der Waals surface area contributed by atoms with E-state index < -0.39 is 5.79 Å². The largest absolute Gasteiger partial charge is 0.433 e. The minimum absolute atomic E-state index is 0.119. The molecule has 4 fully saturated rings. The molecule has 12 heavy (non-hydrogen) atoms. The zero-order valence-corrected chi connectivity index (χ0v) is 6.99. The monoisotopic (exact) mass is 168 g/mol. The molecule has 66 valence electrons. The zero-order valence-electron chi connectivity index (χ0n) is 6.99. The van der Waals surface area contributed by atoms with E-state index >= 15 is 0 Å². The van der Waals surface area contributed by atoms with Crippen LogP contribution in [0, 0.1) is 23.7 Å². The van der Waals surface area contributed by atoms with Gasteiger partial charge in [-0.2, -0.15) is 0 Å². The second-order valence-electron chi connectivity index (χ2n) is 4.44. The Balaban J connectivity index is 2.04. The van der Waals surface area contributed by atoms with Crippen molar-refractivity contribution in [3.05, 3.63) is 0 Å². The average Bonchev–Trinajstić information content (AvgIpc) is 1.90. The molecule has 4 bridgehead atoms. The van der Waals surface area contributed by atoms with Gasteiger partial charge in [-0.3, -0.25) is 4.79 Å². The van der Waals surface area contributed by atoms with E-state index in [-0.39, 0.29) is 17.8 Å². The van der Waals surface area contributed by atoms with Crippen molar-refractivity contribution in [1.82, 2.24) is 0 Å². The van der Waals surface area contributed by atoms with Crippen LogP contribution in [0.2, 0.25) is 0 Å². The van der Waals surface area contributed by atoms with Gasteiger partial charge in [0, 0.05) is 12.3 Å². The summed E-state index contributed by atoms with van der Waals surface area (Å²) in [6, 6.07) is 0. The van der Waals surface area contributed by atoms with Crippen LogP contribution in [0.25, 0.3) is 0 Å². The van der Waals surface area contributed by atoms with Crippen molar-refractivity contribution in [3.8, 4) is 0 Å². The van der Waals surface area contributed by atoms with Crippen LogP contribution in [-0.2, 0) is 9.53 Å². The molecule has 1 unspecified atom stereocenters. The quantitative estimate of drug-likeness (QED) is 0.536. The minimum Gasteiger partial charge on any atom is -0.433 e. The maximum atomic E-state index is 11.3. The number of ether oxygens (including phenoxy) is 1. The zero-order chi connectivity index (χ0) is 8.51. The first-order chi connectivity index (χ1) is 5.62.